The highest BCUT2D eigenvalue weighted by molar-refractivity contribution is 7.89. The zero-order chi connectivity index (χ0) is 19.6. The van der Waals surface area contributed by atoms with Gasteiger partial charge in [0.1, 0.15) is 6.10 Å². The quantitative estimate of drug-likeness (QED) is 0.807. The first-order valence-electron chi connectivity index (χ1n) is 9.57. The summed E-state index contributed by atoms with van der Waals surface area (Å²) in [5, 5.41) is 0. The van der Waals surface area contributed by atoms with Crippen molar-refractivity contribution in [2.45, 2.75) is 49.7 Å². The number of ether oxygens (including phenoxy) is 1. The van der Waals surface area contributed by atoms with Crippen LogP contribution < -0.4 is 5.73 Å². The highest BCUT2D eigenvalue weighted by Crippen LogP contribution is 2.24. The van der Waals surface area contributed by atoms with Crippen LogP contribution >= 0.6 is 0 Å². The topological polar surface area (TPSA) is 92.9 Å². The molecule has 150 valence electrons. The summed E-state index contributed by atoms with van der Waals surface area (Å²) in [4.78, 5) is 14.6. The number of carbonyl (C=O) groups excluding carboxylic acids is 1. The first-order valence-corrected chi connectivity index (χ1v) is 11.0. The van der Waals surface area contributed by atoms with Crippen LogP contribution in [0, 0.1) is 0 Å². The van der Waals surface area contributed by atoms with E-state index < -0.39 is 16.1 Å². The van der Waals surface area contributed by atoms with E-state index in [1.54, 1.807) is 17.0 Å². The predicted octanol–water partition coefficient (Wildman–Crippen LogP) is 1.15. The van der Waals surface area contributed by atoms with Crippen molar-refractivity contribution in [2.24, 2.45) is 5.73 Å². The summed E-state index contributed by atoms with van der Waals surface area (Å²) >= 11 is 0. The maximum atomic E-state index is 12.9. The minimum Gasteiger partial charge on any atom is -0.364 e. The predicted molar refractivity (Wildman–Crippen MR) is 103 cm³/mol. The third kappa shape index (κ3) is 4.34. The summed E-state index contributed by atoms with van der Waals surface area (Å²) in [6.07, 6.45) is 0.995. The lowest BCUT2D eigenvalue weighted by atomic mass is 10.0. The fourth-order valence-corrected chi connectivity index (χ4v) is 5.01. The third-order valence-electron chi connectivity index (χ3n) is 5.38. The van der Waals surface area contributed by atoms with Gasteiger partial charge >= 0.3 is 0 Å². The molecule has 8 heteroatoms. The summed E-state index contributed by atoms with van der Waals surface area (Å²) in [6.45, 7) is 5.93. The molecule has 27 heavy (non-hydrogen) atoms. The maximum absolute atomic E-state index is 12.9. The molecule has 3 rings (SSSR count). The Morgan fingerprint density at radius 3 is 2.30 bits per heavy atom. The van der Waals surface area contributed by atoms with Crippen molar-refractivity contribution in [1.29, 1.82) is 0 Å². The molecule has 0 saturated carbocycles. The van der Waals surface area contributed by atoms with Gasteiger partial charge in [-0.2, -0.15) is 4.31 Å². The molecule has 0 unspecified atom stereocenters. The number of piperazine rings is 1. The summed E-state index contributed by atoms with van der Waals surface area (Å²) < 4.78 is 32.9. The Labute approximate surface area is 161 Å². The number of hydrogen-bond acceptors (Lipinski definition) is 5. The molecule has 2 saturated heterocycles. The summed E-state index contributed by atoms with van der Waals surface area (Å²) in [5.41, 5.74) is 6.71. The van der Waals surface area contributed by atoms with Crippen LogP contribution in [0.5, 0.6) is 0 Å². The maximum Gasteiger partial charge on any atom is 0.251 e. The molecule has 0 aromatic heterocycles. The Balaban J connectivity index is 1.60. The molecule has 2 N–H and O–H groups in total. The number of hydrogen-bond donors (Lipinski definition) is 1. The summed E-state index contributed by atoms with van der Waals surface area (Å²) in [6, 6.07) is 7.06. The van der Waals surface area contributed by atoms with Gasteiger partial charge < -0.3 is 15.4 Å². The molecule has 2 fully saturated rings. The molecule has 2 aliphatic heterocycles. The fourth-order valence-electron chi connectivity index (χ4n) is 3.59. The van der Waals surface area contributed by atoms with Gasteiger partial charge in [0.15, 0.2) is 0 Å². The molecule has 1 aromatic carbocycles. The van der Waals surface area contributed by atoms with Crippen molar-refractivity contribution in [3.05, 3.63) is 29.8 Å². The number of benzene rings is 1. The van der Waals surface area contributed by atoms with Gasteiger partial charge in [0.25, 0.3) is 5.91 Å². The van der Waals surface area contributed by atoms with E-state index in [4.69, 9.17) is 10.5 Å². The third-order valence-corrected chi connectivity index (χ3v) is 7.29. The number of nitrogens with zero attached hydrogens (tertiary/aromatic N) is 2. The van der Waals surface area contributed by atoms with E-state index in [1.165, 1.54) is 4.31 Å². The standard InChI is InChI=1S/C19H29N3O4S/c1-14(2)15-3-6-17(7-4-15)27(24,25)22-11-9-21(10-12-22)19(23)18-8-5-16(13-20)26-18/h3-4,6-7,14,16,18H,5,8-13,20H2,1-2H3/t16-,18+/m1/s1. The summed E-state index contributed by atoms with van der Waals surface area (Å²) in [5.74, 6) is 0.303. The second-order valence-corrected chi connectivity index (χ2v) is 9.45. The van der Waals surface area contributed by atoms with Crippen LogP contribution in [0.4, 0.5) is 0 Å². The van der Waals surface area contributed by atoms with Crippen molar-refractivity contribution >= 4 is 15.9 Å². The van der Waals surface area contributed by atoms with Crippen molar-refractivity contribution in [2.75, 3.05) is 32.7 Å². The van der Waals surface area contributed by atoms with Crippen LogP contribution in [0.1, 0.15) is 38.2 Å². The number of sulfonamides is 1. The zero-order valence-corrected chi connectivity index (χ0v) is 16.8. The zero-order valence-electron chi connectivity index (χ0n) is 16.0. The van der Waals surface area contributed by atoms with Crippen molar-refractivity contribution < 1.29 is 17.9 Å². The van der Waals surface area contributed by atoms with Gasteiger partial charge in [-0.25, -0.2) is 8.42 Å². The molecule has 7 nitrogen and oxygen atoms in total. The minimum absolute atomic E-state index is 0.0468. The number of rotatable bonds is 5. The number of carbonyl (C=O) groups is 1. The molecule has 1 amide bonds. The normalized spacial score (nSPS) is 24.5. The van der Waals surface area contributed by atoms with Gasteiger partial charge in [0, 0.05) is 32.7 Å². The Bertz CT molecular complexity index is 756. The van der Waals surface area contributed by atoms with Crippen molar-refractivity contribution in [3.8, 4) is 0 Å². The molecular weight excluding hydrogens is 366 g/mol. The first-order chi connectivity index (χ1) is 12.8. The molecule has 0 spiro atoms. The average molecular weight is 396 g/mol. The van der Waals surface area contributed by atoms with Crippen LogP contribution in [-0.2, 0) is 19.6 Å². The van der Waals surface area contributed by atoms with E-state index in [-0.39, 0.29) is 12.0 Å². The molecule has 1 aromatic rings. The van der Waals surface area contributed by atoms with E-state index in [0.717, 1.165) is 12.0 Å². The van der Waals surface area contributed by atoms with Crippen LogP contribution in [0.2, 0.25) is 0 Å². The van der Waals surface area contributed by atoms with Gasteiger partial charge in [-0.15, -0.1) is 0 Å². The number of amides is 1. The Morgan fingerprint density at radius 1 is 1.15 bits per heavy atom. The monoisotopic (exact) mass is 395 g/mol. The molecule has 2 atom stereocenters. The largest absolute Gasteiger partial charge is 0.364 e. The molecule has 2 heterocycles. The summed E-state index contributed by atoms with van der Waals surface area (Å²) in [7, 11) is -3.54. The lowest BCUT2D eigenvalue weighted by molar-refractivity contribution is -0.143. The number of nitrogens with two attached hydrogens (primary N) is 1. The second-order valence-electron chi connectivity index (χ2n) is 7.51. The van der Waals surface area contributed by atoms with E-state index in [0.29, 0.717) is 50.0 Å². The lowest BCUT2D eigenvalue weighted by Gasteiger charge is -2.35. The Hall–Kier alpha value is -1.48. The van der Waals surface area contributed by atoms with Gasteiger partial charge in [0.2, 0.25) is 10.0 Å². The smallest absolute Gasteiger partial charge is 0.251 e. The van der Waals surface area contributed by atoms with Crippen molar-refractivity contribution in [3.63, 3.8) is 0 Å². The molecule has 0 radical (unpaired) electrons. The van der Waals surface area contributed by atoms with Crippen LogP contribution in [-0.4, -0.2) is 68.5 Å². The highest BCUT2D eigenvalue weighted by Gasteiger charge is 2.36. The average Bonchev–Trinajstić information content (AvgIpc) is 3.17. The van der Waals surface area contributed by atoms with Gasteiger partial charge in [0.05, 0.1) is 11.0 Å². The van der Waals surface area contributed by atoms with Crippen LogP contribution in [0.25, 0.3) is 0 Å². The van der Waals surface area contributed by atoms with Gasteiger partial charge in [-0.05, 0) is 36.5 Å². The van der Waals surface area contributed by atoms with Gasteiger partial charge in [-0.3, -0.25) is 4.79 Å². The van der Waals surface area contributed by atoms with E-state index in [2.05, 4.69) is 13.8 Å². The highest BCUT2D eigenvalue weighted by atomic mass is 32.2. The van der Waals surface area contributed by atoms with E-state index in [9.17, 15) is 13.2 Å². The SMILES string of the molecule is CC(C)c1ccc(S(=O)(=O)N2CCN(C(=O)[C@@H]3CC[C@H](CN)O3)CC2)cc1. The van der Waals surface area contributed by atoms with E-state index in [1.807, 2.05) is 12.1 Å². The Kier molecular flexibility index (Phi) is 6.20. The Morgan fingerprint density at radius 2 is 1.78 bits per heavy atom. The molecular formula is C19H29N3O4S. The molecule has 2 aliphatic rings. The molecule has 0 aliphatic carbocycles. The van der Waals surface area contributed by atoms with Crippen LogP contribution in [0.15, 0.2) is 29.2 Å². The van der Waals surface area contributed by atoms with Crippen molar-refractivity contribution in [1.82, 2.24) is 9.21 Å². The minimum atomic E-state index is -3.54. The lowest BCUT2D eigenvalue weighted by Crippen LogP contribution is -2.52. The van der Waals surface area contributed by atoms with Crippen LogP contribution in [0.3, 0.4) is 0 Å². The van der Waals surface area contributed by atoms with Gasteiger partial charge in [-0.1, -0.05) is 26.0 Å². The fraction of sp³-hybridized carbons (Fsp3) is 0.632. The first kappa shape index (κ1) is 20.3. The van der Waals surface area contributed by atoms with E-state index >= 15 is 0 Å². The molecule has 0 bridgehead atoms. The second kappa shape index (κ2) is 8.26.